The Bertz CT molecular complexity index is 554. The van der Waals surface area contributed by atoms with Crippen LogP contribution in [-0.2, 0) is 0 Å². The lowest BCUT2D eigenvalue weighted by Gasteiger charge is -2.07. The highest BCUT2D eigenvalue weighted by Crippen LogP contribution is 2.29. The largest absolute Gasteiger partial charge is 0.478 e. The van der Waals surface area contributed by atoms with Crippen molar-refractivity contribution in [1.29, 1.82) is 0 Å². The Labute approximate surface area is 101 Å². The fourth-order valence-corrected chi connectivity index (χ4v) is 1.96. The van der Waals surface area contributed by atoms with Gasteiger partial charge in [-0.05, 0) is 18.4 Å². The quantitative estimate of drug-likeness (QED) is 0.632. The average Bonchev–Trinajstić information content (AvgIpc) is 2.80. The van der Waals surface area contributed by atoms with Crippen LogP contribution in [0.15, 0.2) is 27.8 Å². The zero-order valence-electron chi connectivity index (χ0n) is 8.88. The van der Waals surface area contributed by atoms with Crippen molar-refractivity contribution >= 4 is 23.7 Å². The first-order valence-corrected chi connectivity index (χ1v) is 5.84. The molecule has 6 nitrogen and oxygen atoms in total. The molecule has 7 heteroatoms. The SMILES string of the molecule is CSc1nc(N)nc(-c2ccco2)c1C(=O)O. The molecule has 0 aliphatic heterocycles. The molecule has 2 heterocycles. The van der Waals surface area contributed by atoms with Crippen molar-refractivity contribution in [3.05, 3.63) is 24.0 Å². The number of hydrogen-bond acceptors (Lipinski definition) is 6. The molecule has 2 rings (SSSR count). The van der Waals surface area contributed by atoms with E-state index in [4.69, 9.17) is 10.2 Å². The highest BCUT2D eigenvalue weighted by Gasteiger charge is 2.22. The summed E-state index contributed by atoms with van der Waals surface area (Å²) in [6.45, 7) is 0. The van der Waals surface area contributed by atoms with Crippen molar-refractivity contribution in [2.24, 2.45) is 0 Å². The topological polar surface area (TPSA) is 102 Å². The van der Waals surface area contributed by atoms with Crippen LogP contribution in [0.2, 0.25) is 0 Å². The van der Waals surface area contributed by atoms with Crippen LogP contribution in [0.3, 0.4) is 0 Å². The molecule has 0 saturated carbocycles. The van der Waals surface area contributed by atoms with Crippen LogP contribution in [0.25, 0.3) is 11.5 Å². The lowest BCUT2D eigenvalue weighted by Crippen LogP contribution is -2.08. The van der Waals surface area contributed by atoms with Gasteiger partial charge in [-0.15, -0.1) is 11.8 Å². The smallest absolute Gasteiger partial charge is 0.340 e. The molecule has 2 aromatic rings. The molecule has 88 valence electrons. The van der Waals surface area contributed by atoms with Crippen molar-refractivity contribution in [3.63, 3.8) is 0 Å². The molecule has 2 aromatic heterocycles. The van der Waals surface area contributed by atoms with Gasteiger partial charge in [0.15, 0.2) is 5.76 Å². The maximum Gasteiger partial charge on any atom is 0.340 e. The first-order chi connectivity index (χ1) is 8.13. The Morgan fingerprint density at radius 1 is 1.53 bits per heavy atom. The van der Waals surface area contributed by atoms with Crippen molar-refractivity contribution in [2.75, 3.05) is 12.0 Å². The molecule has 0 amide bonds. The van der Waals surface area contributed by atoms with Gasteiger partial charge in [0.1, 0.15) is 16.3 Å². The molecule has 0 aromatic carbocycles. The number of nitrogens with two attached hydrogens (primary N) is 1. The van der Waals surface area contributed by atoms with Crippen LogP contribution in [0.4, 0.5) is 5.95 Å². The van der Waals surface area contributed by atoms with Crippen LogP contribution < -0.4 is 5.73 Å². The summed E-state index contributed by atoms with van der Waals surface area (Å²) in [6, 6.07) is 3.27. The highest BCUT2D eigenvalue weighted by molar-refractivity contribution is 7.98. The maximum atomic E-state index is 11.2. The predicted octanol–water partition coefficient (Wildman–Crippen LogP) is 1.74. The number of anilines is 1. The summed E-state index contributed by atoms with van der Waals surface area (Å²) in [5.41, 5.74) is 5.74. The molecule has 0 radical (unpaired) electrons. The van der Waals surface area contributed by atoms with Gasteiger partial charge in [-0.3, -0.25) is 0 Å². The summed E-state index contributed by atoms with van der Waals surface area (Å²) in [5.74, 6) is -0.738. The van der Waals surface area contributed by atoms with Gasteiger partial charge in [-0.2, -0.15) is 0 Å². The Morgan fingerprint density at radius 2 is 2.29 bits per heavy atom. The summed E-state index contributed by atoms with van der Waals surface area (Å²) in [7, 11) is 0. The fraction of sp³-hybridized carbons (Fsp3) is 0.100. The van der Waals surface area contributed by atoms with Crippen LogP contribution >= 0.6 is 11.8 Å². The molecule has 0 aliphatic rings. The lowest BCUT2D eigenvalue weighted by atomic mass is 10.2. The summed E-state index contributed by atoms with van der Waals surface area (Å²) < 4.78 is 5.15. The zero-order chi connectivity index (χ0) is 12.4. The second-order valence-electron chi connectivity index (χ2n) is 3.10. The molecular formula is C10H9N3O3S. The van der Waals surface area contributed by atoms with E-state index in [1.54, 1.807) is 18.4 Å². The molecule has 0 atom stereocenters. The molecule has 17 heavy (non-hydrogen) atoms. The van der Waals surface area contributed by atoms with E-state index in [2.05, 4.69) is 9.97 Å². The van der Waals surface area contributed by atoms with E-state index < -0.39 is 5.97 Å². The molecule has 0 fully saturated rings. The van der Waals surface area contributed by atoms with Crippen molar-refractivity contribution in [3.8, 4) is 11.5 Å². The third-order valence-corrected chi connectivity index (χ3v) is 2.74. The third kappa shape index (κ3) is 2.09. The Hall–Kier alpha value is -2.02. The number of hydrogen-bond donors (Lipinski definition) is 2. The van der Waals surface area contributed by atoms with Crippen molar-refractivity contribution in [1.82, 2.24) is 9.97 Å². The molecule has 0 spiro atoms. The van der Waals surface area contributed by atoms with Gasteiger partial charge in [0.25, 0.3) is 0 Å². The minimum Gasteiger partial charge on any atom is -0.478 e. The summed E-state index contributed by atoms with van der Waals surface area (Å²) >= 11 is 1.20. The number of nitrogens with zero attached hydrogens (tertiary/aromatic N) is 2. The maximum absolute atomic E-state index is 11.2. The molecule has 3 N–H and O–H groups in total. The monoisotopic (exact) mass is 251 g/mol. The Morgan fingerprint density at radius 3 is 2.82 bits per heavy atom. The van der Waals surface area contributed by atoms with Crippen molar-refractivity contribution < 1.29 is 14.3 Å². The zero-order valence-corrected chi connectivity index (χ0v) is 9.69. The number of rotatable bonds is 3. The first-order valence-electron chi connectivity index (χ1n) is 4.62. The summed E-state index contributed by atoms with van der Waals surface area (Å²) in [5, 5.41) is 9.51. The van der Waals surface area contributed by atoms with Gasteiger partial charge in [-0.1, -0.05) is 0 Å². The van der Waals surface area contributed by atoms with Gasteiger partial charge >= 0.3 is 5.97 Å². The van der Waals surface area contributed by atoms with E-state index >= 15 is 0 Å². The number of carboxylic acids is 1. The summed E-state index contributed by atoms with van der Waals surface area (Å²) in [6.07, 6.45) is 3.16. The minimum absolute atomic E-state index is 0.00153. The predicted molar refractivity (Wildman–Crippen MR) is 62.9 cm³/mol. The third-order valence-electron chi connectivity index (χ3n) is 2.05. The van der Waals surface area contributed by atoms with Gasteiger partial charge in [0.05, 0.1) is 6.26 Å². The van der Waals surface area contributed by atoms with Gasteiger partial charge in [-0.25, -0.2) is 14.8 Å². The molecule has 0 saturated heterocycles. The second-order valence-corrected chi connectivity index (χ2v) is 3.89. The Kier molecular flexibility index (Phi) is 3.01. The van der Waals surface area contributed by atoms with Crippen LogP contribution in [0.5, 0.6) is 0 Å². The normalized spacial score (nSPS) is 10.4. The number of thioether (sulfide) groups is 1. The van der Waals surface area contributed by atoms with E-state index in [0.29, 0.717) is 10.8 Å². The number of carbonyl (C=O) groups is 1. The van der Waals surface area contributed by atoms with E-state index in [1.165, 1.54) is 18.0 Å². The van der Waals surface area contributed by atoms with Crippen molar-refractivity contribution in [2.45, 2.75) is 5.03 Å². The lowest BCUT2D eigenvalue weighted by molar-refractivity contribution is 0.0692. The van der Waals surface area contributed by atoms with E-state index in [-0.39, 0.29) is 17.2 Å². The average molecular weight is 251 g/mol. The molecule has 0 bridgehead atoms. The number of aromatic carboxylic acids is 1. The first kappa shape index (κ1) is 11.5. The number of aromatic nitrogens is 2. The number of carboxylic acid groups (broad SMARTS) is 1. The van der Waals surface area contributed by atoms with Gasteiger partial charge in [0.2, 0.25) is 5.95 Å². The van der Waals surface area contributed by atoms with Gasteiger partial charge in [0, 0.05) is 0 Å². The van der Waals surface area contributed by atoms with E-state index in [9.17, 15) is 9.90 Å². The van der Waals surface area contributed by atoms with Crippen LogP contribution in [-0.4, -0.2) is 27.3 Å². The van der Waals surface area contributed by atoms with Crippen LogP contribution in [0, 0.1) is 0 Å². The fourth-order valence-electron chi connectivity index (χ4n) is 1.39. The number of furan rings is 1. The second kappa shape index (κ2) is 4.46. The molecular weight excluding hydrogens is 242 g/mol. The summed E-state index contributed by atoms with van der Waals surface area (Å²) in [4.78, 5) is 19.0. The minimum atomic E-state index is -1.11. The van der Waals surface area contributed by atoms with E-state index in [0.717, 1.165) is 0 Å². The number of nitrogen functional groups attached to an aromatic ring is 1. The molecule has 0 unspecified atom stereocenters. The standard InChI is InChI=1S/C10H9N3O3S/c1-17-8-6(9(14)15)7(12-10(11)13-8)5-3-2-4-16-5/h2-4H,1H3,(H,14,15)(H2,11,12,13). The Balaban J connectivity index is 2.72. The molecule has 0 aliphatic carbocycles. The van der Waals surface area contributed by atoms with Crippen LogP contribution in [0.1, 0.15) is 10.4 Å². The van der Waals surface area contributed by atoms with Gasteiger partial charge < -0.3 is 15.3 Å². The van der Waals surface area contributed by atoms with E-state index in [1.807, 2.05) is 0 Å². The highest BCUT2D eigenvalue weighted by atomic mass is 32.2.